The molecule has 1 aromatic heterocycles. The van der Waals surface area contributed by atoms with Crippen molar-refractivity contribution in [3.63, 3.8) is 0 Å². The predicted octanol–water partition coefficient (Wildman–Crippen LogP) is 1.42. The average Bonchev–Trinajstić information content (AvgIpc) is 2.33. The molecule has 1 fully saturated rings. The SMILES string of the molecule is COc1cccc(C2(O)CCC(=O)CC2)n1. The van der Waals surface area contributed by atoms with Crippen LogP contribution in [0.4, 0.5) is 0 Å². The number of aliphatic hydroxyl groups is 1. The van der Waals surface area contributed by atoms with E-state index in [1.165, 1.54) is 0 Å². The van der Waals surface area contributed by atoms with Crippen LogP contribution in [0.3, 0.4) is 0 Å². The summed E-state index contributed by atoms with van der Waals surface area (Å²) in [5.74, 6) is 0.704. The molecule has 1 aliphatic rings. The monoisotopic (exact) mass is 221 g/mol. The number of aromatic nitrogens is 1. The van der Waals surface area contributed by atoms with Crippen LogP contribution in [0.5, 0.6) is 5.88 Å². The molecule has 16 heavy (non-hydrogen) atoms. The van der Waals surface area contributed by atoms with Crippen molar-refractivity contribution in [2.45, 2.75) is 31.3 Å². The fourth-order valence-corrected chi connectivity index (χ4v) is 1.99. The van der Waals surface area contributed by atoms with E-state index in [-0.39, 0.29) is 5.78 Å². The van der Waals surface area contributed by atoms with Crippen LogP contribution in [0.15, 0.2) is 18.2 Å². The highest BCUT2D eigenvalue weighted by atomic mass is 16.5. The molecule has 4 heteroatoms. The molecule has 1 saturated carbocycles. The van der Waals surface area contributed by atoms with Gasteiger partial charge in [0.05, 0.1) is 12.8 Å². The van der Waals surface area contributed by atoms with Gasteiger partial charge in [0.15, 0.2) is 0 Å². The van der Waals surface area contributed by atoms with Crippen LogP contribution in [-0.4, -0.2) is 23.0 Å². The molecule has 1 heterocycles. The van der Waals surface area contributed by atoms with Crippen LogP contribution >= 0.6 is 0 Å². The number of nitrogens with zero attached hydrogens (tertiary/aromatic N) is 1. The maximum atomic E-state index is 11.1. The Hall–Kier alpha value is -1.42. The van der Waals surface area contributed by atoms with E-state index in [0.29, 0.717) is 37.3 Å². The summed E-state index contributed by atoms with van der Waals surface area (Å²) in [4.78, 5) is 15.4. The van der Waals surface area contributed by atoms with E-state index < -0.39 is 5.60 Å². The third-order valence-electron chi connectivity index (χ3n) is 3.04. The lowest BCUT2D eigenvalue weighted by molar-refractivity contribution is -0.125. The molecule has 86 valence electrons. The molecule has 0 bridgehead atoms. The summed E-state index contributed by atoms with van der Waals surface area (Å²) in [6.07, 6.45) is 1.75. The zero-order valence-electron chi connectivity index (χ0n) is 9.27. The van der Waals surface area contributed by atoms with Gasteiger partial charge in [-0.1, -0.05) is 6.07 Å². The number of rotatable bonds is 2. The van der Waals surface area contributed by atoms with Crippen LogP contribution in [0.1, 0.15) is 31.4 Å². The third-order valence-corrected chi connectivity index (χ3v) is 3.04. The summed E-state index contributed by atoms with van der Waals surface area (Å²) in [5, 5.41) is 10.4. The van der Waals surface area contributed by atoms with E-state index in [1.807, 2.05) is 0 Å². The first-order valence-corrected chi connectivity index (χ1v) is 5.40. The summed E-state index contributed by atoms with van der Waals surface area (Å²) in [6, 6.07) is 5.31. The van der Waals surface area contributed by atoms with E-state index in [9.17, 15) is 9.90 Å². The fraction of sp³-hybridized carbons (Fsp3) is 0.500. The van der Waals surface area contributed by atoms with Crippen molar-refractivity contribution >= 4 is 5.78 Å². The first-order chi connectivity index (χ1) is 7.64. The molecule has 2 rings (SSSR count). The number of hydrogen-bond acceptors (Lipinski definition) is 4. The maximum absolute atomic E-state index is 11.1. The van der Waals surface area contributed by atoms with Gasteiger partial charge in [-0.05, 0) is 18.9 Å². The molecule has 0 amide bonds. The molecule has 0 aliphatic heterocycles. The van der Waals surface area contributed by atoms with Crippen LogP contribution in [0, 0.1) is 0 Å². The highest BCUT2D eigenvalue weighted by molar-refractivity contribution is 5.79. The number of ketones is 1. The molecule has 0 radical (unpaired) electrons. The molecule has 0 atom stereocenters. The summed E-state index contributed by atoms with van der Waals surface area (Å²) in [7, 11) is 1.54. The molecule has 1 aliphatic carbocycles. The van der Waals surface area contributed by atoms with Crippen molar-refractivity contribution in [1.82, 2.24) is 4.98 Å². The largest absolute Gasteiger partial charge is 0.481 e. The molecule has 4 nitrogen and oxygen atoms in total. The Morgan fingerprint density at radius 1 is 1.38 bits per heavy atom. The normalized spacial score (nSPS) is 19.5. The average molecular weight is 221 g/mol. The van der Waals surface area contributed by atoms with Crippen molar-refractivity contribution in [3.8, 4) is 5.88 Å². The van der Waals surface area contributed by atoms with Gasteiger partial charge >= 0.3 is 0 Å². The predicted molar refractivity (Wildman–Crippen MR) is 58.2 cm³/mol. The molecule has 1 aromatic rings. The van der Waals surface area contributed by atoms with Gasteiger partial charge in [-0.2, -0.15) is 0 Å². The van der Waals surface area contributed by atoms with E-state index in [2.05, 4.69) is 4.98 Å². The van der Waals surface area contributed by atoms with Gasteiger partial charge in [0.2, 0.25) is 5.88 Å². The van der Waals surface area contributed by atoms with Gasteiger partial charge in [-0.25, -0.2) is 4.98 Å². The molecule has 1 N–H and O–H groups in total. The van der Waals surface area contributed by atoms with Gasteiger partial charge in [0.25, 0.3) is 0 Å². The second kappa shape index (κ2) is 4.22. The third kappa shape index (κ3) is 2.07. The second-order valence-corrected chi connectivity index (χ2v) is 4.14. The topological polar surface area (TPSA) is 59.4 Å². The fourth-order valence-electron chi connectivity index (χ4n) is 1.99. The Bertz CT molecular complexity index is 393. The van der Waals surface area contributed by atoms with Crippen molar-refractivity contribution in [2.75, 3.05) is 7.11 Å². The first kappa shape index (κ1) is 11.1. The summed E-state index contributed by atoms with van der Waals surface area (Å²) in [5.41, 5.74) is -0.373. The minimum Gasteiger partial charge on any atom is -0.481 e. The lowest BCUT2D eigenvalue weighted by atomic mass is 9.81. The molecular weight excluding hydrogens is 206 g/mol. The second-order valence-electron chi connectivity index (χ2n) is 4.14. The van der Waals surface area contributed by atoms with Crippen LogP contribution in [0.25, 0.3) is 0 Å². The smallest absolute Gasteiger partial charge is 0.213 e. The Morgan fingerprint density at radius 3 is 2.69 bits per heavy atom. The number of carbonyl (C=O) groups excluding carboxylic acids is 1. The number of methoxy groups -OCH3 is 1. The standard InChI is InChI=1S/C12H15NO3/c1-16-11-4-2-3-10(13-11)12(15)7-5-9(14)6-8-12/h2-4,15H,5-8H2,1H3. The van der Waals surface area contributed by atoms with Crippen LogP contribution in [-0.2, 0) is 10.4 Å². The molecule has 0 aromatic carbocycles. The van der Waals surface area contributed by atoms with Gasteiger partial charge in [-0.15, -0.1) is 0 Å². The Kier molecular flexibility index (Phi) is 2.92. The number of carbonyl (C=O) groups is 1. The maximum Gasteiger partial charge on any atom is 0.213 e. The minimum absolute atomic E-state index is 0.215. The van der Waals surface area contributed by atoms with Crippen LogP contribution < -0.4 is 4.74 Å². The highest BCUT2D eigenvalue weighted by Crippen LogP contribution is 2.35. The van der Waals surface area contributed by atoms with Gasteiger partial charge in [0, 0.05) is 18.9 Å². The lowest BCUT2D eigenvalue weighted by Crippen LogP contribution is -2.32. The number of hydrogen-bond donors (Lipinski definition) is 1. The molecule has 0 saturated heterocycles. The molecular formula is C12H15NO3. The summed E-state index contributed by atoms with van der Waals surface area (Å²) < 4.78 is 5.02. The zero-order chi connectivity index (χ0) is 11.6. The Morgan fingerprint density at radius 2 is 2.06 bits per heavy atom. The summed E-state index contributed by atoms with van der Waals surface area (Å²) in [6.45, 7) is 0. The number of pyridine rings is 1. The van der Waals surface area contributed by atoms with Crippen LogP contribution in [0.2, 0.25) is 0 Å². The number of Topliss-reactive ketones (excluding diaryl/α,β-unsaturated/α-hetero) is 1. The van der Waals surface area contributed by atoms with Gasteiger partial charge in [-0.3, -0.25) is 4.79 Å². The molecule has 0 spiro atoms. The zero-order valence-corrected chi connectivity index (χ0v) is 9.27. The summed E-state index contributed by atoms with van der Waals surface area (Å²) >= 11 is 0. The lowest BCUT2D eigenvalue weighted by Gasteiger charge is -2.30. The molecule has 0 unspecified atom stereocenters. The van der Waals surface area contributed by atoms with Crippen molar-refractivity contribution in [3.05, 3.63) is 23.9 Å². The van der Waals surface area contributed by atoms with Crippen molar-refractivity contribution < 1.29 is 14.6 Å². The van der Waals surface area contributed by atoms with E-state index >= 15 is 0 Å². The van der Waals surface area contributed by atoms with Gasteiger partial charge in [0.1, 0.15) is 11.4 Å². The van der Waals surface area contributed by atoms with E-state index in [0.717, 1.165) is 0 Å². The van der Waals surface area contributed by atoms with E-state index in [4.69, 9.17) is 4.74 Å². The first-order valence-electron chi connectivity index (χ1n) is 5.40. The Labute approximate surface area is 94.3 Å². The quantitative estimate of drug-likeness (QED) is 0.820. The number of ether oxygens (including phenoxy) is 1. The highest BCUT2D eigenvalue weighted by Gasteiger charge is 2.35. The minimum atomic E-state index is -0.970. The van der Waals surface area contributed by atoms with Crippen molar-refractivity contribution in [1.29, 1.82) is 0 Å². The van der Waals surface area contributed by atoms with Gasteiger partial charge < -0.3 is 9.84 Å². The Balaban J connectivity index is 2.25. The van der Waals surface area contributed by atoms with E-state index in [1.54, 1.807) is 25.3 Å². The van der Waals surface area contributed by atoms with Crippen molar-refractivity contribution in [2.24, 2.45) is 0 Å².